The number of anilines is 1. The van der Waals surface area contributed by atoms with E-state index in [1.54, 1.807) is 12.4 Å². The van der Waals surface area contributed by atoms with Crippen molar-refractivity contribution in [1.82, 2.24) is 10.3 Å². The van der Waals surface area contributed by atoms with Crippen LogP contribution in [0.4, 0.5) is 5.69 Å². The van der Waals surface area contributed by atoms with E-state index < -0.39 is 0 Å². The first-order valence-electron chi connectivity index (χ1n) is 9.18. The average Bonchev–Trinajstić information content (AvgIpc) is 2.63. The van der Waals surface area contributed by atoms with Gasteiger partial charge in [-0.05, 0) is 55.3 Å². The summed E-state index contributed by atoms with van der Waals surface area (Å²) < 4.78 is 0. The van der Waals surface area contributed by atoms with Crippen molar-refractivity contribution in [3.8, 4) is 0 Å². The highest BCUT2D eigenvalue weighted by atomic mass is 16.1. The summed E-state index contributed by atoms with van der Waals surface area (Å²) in [6.45, 7) is 4.15. The van der Waals surface area contributed by atoms with Crippen LogP contribution in [0.1, 0.15) is 31.7 Å². The molecule has 1 aromatic heterocycles. The minimum Gasteiger partial charge on any atom is -0.326 e. The number of aromatic nitrogens is 1. The third-order valence-electron chi connectivity index (χ3n) is 5.17. The molecule has 4 nitrogen and oxygen atoms in total. The van der Waals surface area contributed by atoms with Gasteiger partial charge in [-0.3, -0.25) is 9.78 Å². The van der Waals surface area contributed by atoms with Gasteiger partial charge >= 0.3 is 0 Å². The molecule has 0 radical (unpaired) electrons. The van der Waals surface area contributed by atoms with Crippen LogP contribution in [0.2, 0.25) is 0 Å². The third-order valence-corrected chi connectivity index (χ3v) is 5.17. The van der Waals surface area contributed by atoms with Gasteiger partial charge in [-0.2, -0.15) is 0 Å². The number of rotatable bonds is 6. The first kappa shape index (κ1) is 17.6. The Morgan fingerprint density at radius 3 is 2.60 bits per heavy atom. The highest BCUT2D eigenvalue weighted by molar-refractivity contribution is 5.92. The molecule has 3 atom stereocenters. The number of benzene rings is 1. The van der Waals surface area contributed by atoms with E-state index in [1.165, 1.54) is 5.56 Å². The van der Waals surface area contributed by atoms with Gasteiger partial charge in [0.25, 0.3) is 0 Å². The standard InChI is InChI=1S/C21H27N3O/c1-16-13-18(15-23-14-17-5-3-2-4-6-17)7-8-20(16)21(25)24-19-9-11-22-12-10-19/h2-6,9-12,16,18,20,23H,7-8,13-15H2,1H3,(H,22,24,25)/t16-,18+,20-/m1/s1. The van der Waals surface area contributed by atoms with Gasteiger partial charge in [0.05, 0.1) is 0 Å². The zero-order valence-electron chi connectivity index (χ0n) is 14.8. The molecule has 1 aliphatic rings. The van der Waals surface area contributed by atoms with Crippen LogP contribution >= 0.6 is 0 Å². The van der Waals surface area contributed by atoms with Gasteiger partial charge in [0.1, 0.15) is 0 Å². The zero-order valence-corrected chi connectivity index (χ0v) is 14.8. The van der Waals surface area contributed by atoms with Crippen LogP contribution in [-0.2, 0) is 11.3 Å². The van der Waals surface area contributed by atoms with Crippen molar-refractivity contribution < 1.29 is 4.79 Å². The predicted octanol–water partition coefficient (Wildman–Crippen LogP) is 3.86. The van der Waals surface area contributed by atoms with Crippen LogP contribution in [0.15, 0.2) is 54.9 Å². The molecule has 0 spiro atoms. The Bertz CT molecular complexity index is 659. The molecule has 2 aromatic rings. The fourth-order valence-electron chi connectivity index (χ4n) is 3.77. The van der Waals surface area contributed by atoms with Crippen LogP contribution in [0.3, 0.4) is 0 Å². The monoisotopic (exact) mass is 337 g/mol. The van der Waals surface area contributed by atoms with Crippen LogP contribution in [0.5, 0.6) is 0 Å². The molecule has 0 bridgehead atoms. The van der Waals surface area contributed by atoms with Gasteiger partial charge in [-0.1, -0.05) is 37.3 Å². The van der Waals surface area contributed by atoms with Gasteiger partial charge in [0, 0.05) is 30.5 Å². The van der Waals surface area contributed by atoms with Crippen molar-refractivity contribution in [3.63, 3.8) is 0 Å². The number of carbonyl (C=O) groups excluding carboxylic acids is 1. The Morgan fingerprint density at radius 1 is 1.12 bits per heavy atom. The van der Waals surface area contributed by atoms with Crippen molar-refractivity contribution >= 4 is 11.6 Å². The third kappa shape index (κ3) is 5.13. The largest absolute Gasteiger partial charge is 0.326 e. The minimum absolute atomic E-state index is 0.110. The minimum atomic E-state index is 0.110. The maximum absolute atomic E-state index is 12.5. The number of hydrogen-bond acceptors (Lipinski definition) is 3. The Hall–Kier alpha value is -2.20. The number of nitrogens with one attached hydrogen (secondary N) is 2. The van der Waals surface area contributed by atoms with Gasteiger partial charge in [-0.15, -0.1) is 0 Å². The average molecular weight is 337 g/mol. The molecular formula is C21H27N3O. The molecule has 1 aromatic carbocycles. The number of hydrogen-bond donors (Lipinski definition) is 2. The highest BCUT2D eigenvalue weighted by Gasteiger charge is 2.32. The summed E-state index contributed by atoms with van der Waals surface area (Å²) in [6.07, 6.45) is 6.59. The second kappa shape index (κ2) is 8.77. The van der Waals surface area contributed by atoms with Gasteiger partial charge in [0.15, 0.2) is 0 Å². The second-order valence-corrected chi connectivity index (χ2v) is 7.10. The summed E-state index contributed by atoms with van der Waals surface area (Å²) >= 11 is 0. The molecule has 1 heterocycles. The smallest absolute Gasteiger partial charge is 0.227 e. The van der Waals surface area contributed by atoms with Crippen LogP contribution < -0.4 is 10.6 Å². The van der Waals surface area contributed by atoms with E-state index in [-0.39, 0.29) is 11.8 Å². The lowest BCUT2D eigenvalue weighted by atomic mass is 9.74. The van der Waals surface area contributed by atoms with Gasteiger partial charge in [0.2, 0.25) is 5.91 Å². The Kier molecular flexibility index (Phi) is 6.18. The van der Waals surface area contributed by atoms with Crippen molar-refractivity contribution in [2.24, 2.45) is 17.8 Å². The van der Waals surface area contributed by atoms with E-state index in [1.807, 2.05) is 18.2 Å². The second-order valence-electron chi connectivity index (χ2n) is 7.10. The first-order chi connectivity index (χ1) is 12.2. The van der Waals surface area contributed by atoms with E-state index in [9.17, 15) is 4.79 Å². The normalized spacial score (nSPS) is 23.2. The Balaban J connectivity index is 1.43. The number of amides is 1. The van der Waals surface area contributed by atoms with E-state index in [0.29, 0.717) is 11.8 Å². The van der Waals surface area contributed by atoms with E-state index in [4.69, 9.17) is 0 Å². The molecule has 4 heteroatoms. The van der Waals surface area contributed by atoms with Crippen LogP contribution in [0.25, 0.3) is 0 Å². The molecule has 2 N–H and O–H groups in total. The molecule has 0 unspecified atom stereocenters. The predicted molar refractivity (Wildman–Crippen MR) is 101 cm³/mol. The van der Waals surface area contributed by atoms with E-state index >= 15 is 0 Å². The summed E-state index contributed by atoms with van der Waals surface area (Å²) in [5.41, 5.74) is 2.15. The molecule has 0 aliphatic heterocycles. The molecule has 132 valence electrons. The molecule has 25 heavy (non-hydrogen) atoms. The fourth-order valence-corrected chi connectivity index (χ4v) is 3.77. The topological polar surface area (TPSA) is 54.0 Å². The Labute approximate surface area is 150 Å². The Morgan fingerprint density at radius 2 is 1.88 bits per heavy atom. The molecule has 3 rings (SSSR count). The number of carbonyl (C=O) groups is 1. The summed E-state index contributed by atoms with van der Waals surface area (Å²) in [6, 6.07) is 14.2. The zero-order chi connectivity index (χ0) is 17.5. The van der Waals surface area contributed by atoms with Crippen LogP contribution in [0, 0.1) is 17.8 Å². The van der Waals surface area contributed by atoms with Crippen molar-refractivity contribution in [1.29, 1.82) is 0 Å². The van der Waals surface area contributed by atoms with Gasteiger partial charge in [-0.25, -0.2) is 0 Å². The van der Waals surface area contributed by atoms with E-state index in [2.05, 4.69) is 46.8 Å². The van der Waals surface area contributed by atoms with Crippen LogP contribution in [-0.4, -0.2) is 17.4 Å². The molecule has 1 saturated carbocycles. The molecule has 1 aliphatic carbocycles. The molecule has 1 fully saturated rings. The van der Waals surface area contributed by atoms with Gasteiger partial charge < -0.3 is 10.6 Å². The van der Waals surface area contributed by atoms with E-state index in [0.717, 1.165) is 38.0 Å². The molecule has 1 amide bonds. The fraction of sp³-hybridized carbons (Fsp3) is 0.429. The maximum Gasteiger partial charge on any atom is 0.227 e. The maximum atomic E-state index is 12.5. The summed E-state index contributed by atoms with van der Waals surface area (Å²) in [5.74, 6) is 1.33. The number of pyridine rings is 1. The molecule has 0 saturated heterocycles. The number of nitrogens with zero attached hydrogens (tertiary/aromatic N) is 1. The highest BCUT2D eigenvalue weighted by Crippen LogP contribution is 2.34. The molecular weight excluding hydrogens is 310 g/mol. The lowest BCUT2D eigenvalue weighted by Gasteiger charge is -2.33. The van der Waals surface area contributed by atoms with Crippen molar-refractivity contribution in [2.75, 3.05) is 11.9 Å². The first-order valence-corrected chi connectivity index (χ1v) is 9.18. The summed E-state index contributed by atoms with van der Waals surface area (Å²) in [4.78, 5) is 16.5. The summed E-state index contributed by atoms with van der Waals surface area (Å²) in [5, 5.41) is 6.60. The summed E-state index contributed by atoms with van der Waals surface area (Å²) in [7, 11) is 0. The lowest BCUT2D eigenvalue weighted by Crippen LogP contribution is -2.36. The lowest BCUT2D eigenvalue weighted by molar-refractivity contribution is -0.122. The quantitative estimate of drug-likeness (QED) is 0.841. The van der Waals surface area contributed by atoms with Crippen molar-refractivity contribution in [2.45, 2.75) is 32.7 Å². The van der Waals surface area contributed by atoms with Crippen molar-refractivity contribution in [3.05, 3.63) is 60.4 Å². The SMILES string of the molecule is C[C@@H]1C[C@@H](CNCc2ccccc2)CC[C@H]1C(=O)Nc1ccncc1.